The van der Waals surface area contributed by atoms with Crippen LogP contribution in [0, 0.1) is 0 Å². The Morgan fingerprint density at radius 3 is 2.60 bits per heavy atom. The van der Waals surface area contributed by atoms with E-state index in [2.05, 4.69) is 38.1 Å². The summed E-state index contributed by atoms with van der Waals surface area (Å²) >= 11 is 0. The largest absolute Gasteiger partial charge is 0.325 e. The molecule has 0 unspecified atom stereocenters. The molecule has 1 nitrogen and oxygen atoms in total. The molecule has 82 valence electrons. The number of nitrogens with two attached hydrogens (primary N) is 1. The molecule has 0 spiro atoms. The van der Waals surface area contributed by atoms with Crippen molar-refractivity contribution in [1.82, 2.24) is 0 Å². The van der Waals surface area contributed by atoms with Crippen molar-refractivity contribution in [3.05, 3.63) is 35.4 Å². The fraction of sp³-hybridized carbons (Fsp3) is 0.571. The molecule has 1 aromatic rings. The molecule has 0 heterocycles. The van der Waals surface area contributed by atoms with E-state index in [1.807, 2.05) is 0 Å². The Hall–Kier alpha value is -0.820. The molecule has 0 radical (unpaired) electrons. The van der Waals surface area contributed by atoms with Crippen LogP contribution in [0.3, 0.4) is 0 Å². The first-order chi connectivity index (χ1) is 7.04. The van der Waals surface area contributed by atoms with Crippen molar-refractivity contribution in [2.45, 2.75) is 51.0 Å². The number of hydrogen-bond donors (Lipinski definition) is 1. The lowest BCUT2D eigenvalue weighted by Gasteiger charge is -2.27. The average molecular weight is 203 g/mol. The van der Waals surface area contributed by atoms with Crippen LogP contribution in [0.25, 0.3) is 0 Å². The van der Waals surface area contributed by atoms with Crippen molar-refractivity contribution in [3.8, 4) is 0 Å². The summed E-state index contributed by atoms with van der Waals surface area (Å²) in [5.41, 5.74) is 8.84. The maximum absolute atomic E-state index is 6.04. The molecule has 1 saturated carbocycles. The smallest absolute Gasteiger partial charge is 0.0138 e. The fourth-order valence-corrected chi connectivity index (χ4v) is 2.22. The fourth-order valence-electron chi connectivity index (χ4n) is 2.22. The lowest BCUT2D eigenvalue weighted by molar-refractivity contribution is 0.419. The van der Waals surface area contributed by atoms with Gasteiger partial charge in [0.1, 0.15) is 0 Å². The third-order valence-corrected chi connectivity index (χ3v) is 3.19. The van der Waals surface area contributed by atoms with Crippen LogP contribution in [-0.4, -0.2) is 5.54 Å². The Balaban J connectivity index is 2.11. The van der Waals surface area contributed by atoms with E-state index in [9.17, 15) is 0 Å². The summed E-state index contributed by atoms with van der Waals surface area (Å²) in [7, 11) is 0. The van der Waals surface area contributed by atoms with Crippen molar-refractivity contribution in [1.29, 1.82) is 0 Å². The summed E-state index contributed by atoms with van der Waals surface area (Å²) in [6, 6.07) is 8.97. The van der Waals surface area contributed by atoms with E-state index in [0.717, 1.165) is 12.3 Å². The molecule has 0 amide bonds. The Labute approximate surface area is 92.7 Å². The van der Waals surface area contributed by atoms with E-state index >= 15 is 0 Å². The SMILES string of the molecule is CC(C)(N)Cc1cccc(C2CCC2)c1. The van der Waals surface area contributed by atoms with Crippen LogP contribution < -0.4 is 5.73 Å². The van der Waals surface area contributed by atoms with Crippen molar-refractivity contribution in [2.24, 2.45) is 5.73 Å². The van der Waals surface area contributed by atoms with Crippen LogP contribution in [0.5, 0.6) is 0 Å². The maximum Gasteiger partial charge on any atom is 0.0138 e. The van der Waals surface area contributed by atoms with Crippen molar-refractivity contribution in [2.75, 3.05) is 0 Å². The number of hydrogen-bond acceptors (Lipinski definition) is 1. The van der Waals surface area contributed by atoms with Crippen molar-refractivity contribution < 1.29 is 0 Å². The normalized spacial score (nSPS) is 17.5. The van der Waals surface area contributed by atoms with Gasteiger partial charge in [0.15, 0.2) is 0 Å². The second-order valence-corrected chi connectivity index (χ2v) is 5.54. The third-order valence-electron chi connectivity index (χ3n) is 3.19. The van der Waals surface area contributed by atoms with Crippen LogP contribution in [0.4, 0.5) is 0 Å². The quantitative estimate of drug-likeness (QED) is 0.802. The van der Waals surface area contributed by atoms with E-state index in [1.54, 1.807) is 0 Å². The summed E-state index contributed by atoms with van der Waals surface area (Å²) < 4.78 is 0. The second-order valence-electron chi connectivity index (χ2n) is 5.54. The first-order valence-corrected chi connectivity index (χ1v) is 5.92. The molecule has 0 saturated heterocycles. The van der Waals surface area contributed by atoms with Gasteiger partial charge in [-0.15, -0.1) is 0 Å². The molecule has 1 aliphatic rings. The molecule has 15 heavy (non-hydrogen) atoms. The van der Waals surface area contributed by atoms with E-state index in [0.29, 0.717) is 0 Å². The number of rotatable bonds is 3. The Morgan fingerprint density at radius 1 is 1.33 bits per heavy atom. The standard InChI is InChI=1S/C14H21N/c1-14(2,15)10-11-5-3-8-13(9-11)12-6-4-7-12/h3,5,8-9,12H,4,6-7,10,15H2,1-2H3. The van der Waals surface area contributed by atoms with E-state index in [4.69, 9.17) is 5.73 Å². The molecule has 1 fully saturated rings. The summed E-state index contributed by atoms with van der Waals surface area (Å²) in [4.78, 5) is 0. The minimum absolute atomic E-state index is 0.0990. The zero-order valence-electron chi connectivity index (χ0n) is 9.79. The average Bonchev–Trinajstić information content (AvgIpc) is 1.97. The molecule has 1 aliphatic carbocycles. The van der Waals surface area contributed by atoms with Crippen LogP contribution in [-0.2, 0) is 6.42 Å². The van der Waals surface area contributed by atoms with Gasteiger partial charge < -0.3 is 5.73 Å². The monoisotopic (exact) mass is 203 g/mol. The van der Waals surface area contributed by atoms with E-state index in [1.165, 1.54) is 30.4 Å². The lowest BCUT2D eigenvalue weighted by Crippen LogP contribution is -2.34. The number of benzene rings is 1. The molecular formula is C14H21N. The summed E-state index contributed by atoms with van der Waals surface area (Å²) in [5, 5.41) is 0. The highest BCUT2D eigenvalue weighted by Gasteiger charge is 2.20. The molecule has 1 heteroatoms. The predicted octanol–water partition coefficient (Wildman–Crippen LogP) is 3.23. The van der Waals surface area contributed by atoms with Gasteiger partial charge in [-0.1, -0.05) is 30.7 Å². The van der Waals surface area contributed by atoms with Gasteiger partial charge in [-0.3, -0.25) is 0 Å². The van der Waals surface area contributed by atoms with E-state index in [-0.39, 0.29) is 5.54 Å². The van der Waals surface area contributed by atoms with Crippen molar-refractivity contribution >= 4 is 0 Å². The zero-order chi connectivity index (χ0) is 10.9. The van der Waals surface area contributed by atoms with Crippen LogP contribution >= 0.6 is 0 Å². The molecule has 0 atom stereocenters. The first kappa shape index (κ1) is 10.7. The molecule has 0 aromatic heterocycles. The van der Waals surface area contributed by atoms with Gasteiger partial charge in [-0.05, 0) is 50.2 Å². The summed E-state index contributed by atoms with van der Waals surface area (Å²) in [6.45, 7) is 4.17. The Kier molecular flexibility index (Phi) is 2.83. The van der Waals surface area contributed by atoms with Crippen molar-refractivity contribution in [3.63, 3.8) is 0 Å². The van der Waals surface area contributed by atoms with Crippen LogP contribution in [0.2, 0.25) is 0 Å². The Morgan fingerprint density at radius 2 is 2.07 bits per heavy atom. The van der Waals surface area contributed by atoms with Gasteiger partial charge in [0.2, 0.25) is 0 Å². The van der Waals surface area contributed by atoms with Gasteiger partial charge in [-0.25, -0.2) is 0 Å². The molecule has 0 aliphatic heterocycles. The highest BCUT2D eigenvalue weighted by atomic mass is 14.7. The van der Waals surface area contributed by atoms with Gasteiger partial charge in [0.25, 0.3) is 0 Å². The Bertz CT molecular complexity index is 331. The van der Waals surface area contributed by atoms with Gasteiger partial charge >= 0.3 is 0 Å². The molecule has 2 N–H and O–H groups in total. The molecule has 1 aromatic carbocycles. The molecular weight excluding hydrogens is 182 g/mol. The minimum atomic E-state index is -0.0990. The van der Waals surface area contributed by atoms with Crippen LogP contribution in [0.1, 0.15) is 50.2 Å². The lowest BCUT2D eigenvalue weighted by atomic mass is 9.79. The first-order valence-electron chi connectivity index (χ1n) is 5.92. The topological polar surface area (TPSA) is 26.0 Å². The minimum Gasteiger partial charge on any atom is -0.325 e. The highest BCUT2D eigenvalue weighted by molar-refractivity contribution is 5.28. The summed E-state index contributed by atoms with van der Waals surface area (Å²) in [6.07, 6.45) is 5.11. The third kappa shape index (κ3) is 2.82. The van der Waals surface area contributed by atoms with Gasteiger partial charge in [0.05, 0.1) is 0 Å². The highest BCUT2D eigenvalue weighted by Crippen LogP contribution is 2.36. The summed E-state index contributed by atoms with van der Waals surface area (Å²) in [5.74, 6) is 0.825. The maximum atomic E-state index is 6.04. The second kappa shape index (κ2) is 3.97. The predicted molar refractivity (Wildman–Crippen MR) is 65.0 cm³/mol. The molecule has 0 bridgehead atoms. The van der Waals surface area contributed by atoms with Gasteiger partial charge in [0, 0.05) is 5.54 Å². The van der Waals surface area contributed by atoms with Gasteiger partial charge in [-0.2, -0.15) is 0 Å². The van der Waals surface area contributed by atoms with Crippen LogP contribution in [0.15, 0.2) is 24.3 Å². The van der Waals surface area contributed by atoms with E-state index < -0.39 is 0 Å². The molecule has 2 rings (SSSR count). The zero-order valence-corrected chi connectivity index (χ0v) is 9.79.